The Morgan fingerprint density at radius 1 is 1.00 bits per heavy atom. The number of carbonyl (C=O) groups is 2. The molecule has 0 unspecified atom stereocenters. The Bertz CT molecular complexity index is 1170. The highest BCUT2D eigenvalue weighted by molar-refractivity contribution is 7.11. The third-order valence-electron chi connectivity index (χ3n) is 4.92. The predicted molar refractivity (Wildman–Crippen MR) is 124 cm³/mol. The smallest absolute Gasteiger partial charge is 0.282 e. The number of nitrogens with zero attached hydrogens (tertiary/aromatic N) is 2. The minimum Gasteiger partial charge on any atom is -0.378 e. The molecule has 5 nitrogen and oxygen atoms in total. The van der Waals surface area contributed by atoms with Crippen LogP contribution in [-0.2, 0) is 9.59 Å². The Hall–Kier alpha value is -3.09. The Kier molecular flexibility index (Phi) is 5.37. The van der Waals surface area contributed by atoms with Crippen LogP contribution < -0.4 is 15.1 Å². The molecular formula is C23H20ClN3O2S. The second-order valence-electron chi connectivity index (χ2n) is 7.17. The lowest BCUT2D eigenvalue weighted by atomic mass is 10.1. The fraction of sp³-hybridized carbons (Fsp3) is 0.130. The van der Waals surface area contributed by atoms with Crippen molar-refractivity contribution in [2.45, 2.75) is 6.92 Å². The summed E-state index contributed by atoms with van der Waals surface area (Å²) in [6, 6.07) is 16.5. The van der Waals surface area contributed by atoms with Gasteiger partial charge in [-0.1, -0.05) is 29.8 Å². The van der Waals surface area contributed by atoms with Crippen LogP contribution in [-0.4, -0.2) is 25.9 Å². The third-order valence-corrected chi connectivity index (χ3v) is 6.04. The van der Waals surface area contributed by atoms with E-state index in [1.54, 1.807) is 18.2 Å². The van der Waals surface area contributed by atoms with E-state index in [2.05, 4.69) is 5.32 Å². The lowest BCUT2D eigenvalue weighted by Crippen LogP contribution is -2.32. The molecule has 1 aromatic heterocycles. The van der Waals surface area contributed by atoms with E-state index in [-0.39, 0.29) is 11.6 Å². The van der Waals surface area contributed by atoms with E-state index in [9.17, 15) is 9.59 Å². The molecule has 1 aliphatic rings. The molecule has 30 heavy (non-hydrogen) atoms. The van der Waals surface area contributed by atoms with Gasteiger partial charge in [-0.2, -0.15) is 0 Å². The van der Waals surface area contributed by atoms with Crippen LogP contribution in [0.25, 0.3) is 5.57 Å². The molecule has 2 amide bonds. The summed E-state index contributed by atoms with van der Waals surface area (Å²) in [6.07, 6.45) is 0. The van der Waals surface area contributed by atoms with Crippen LogP contribution in [0, 0.1) is 6.92 Å². The van der Waals surface area contributed by atoms with Crippen molar-refractivity contribution in [3.63, 3.8) is 0 Å². The molecule has 7 heteroatoms. The largest absolute Gasteiger partial charge is 0.378 e. The molecule has 0 atom stereocenters. The Labute approximate surface area is 184 Å². The van der Waals surface area contributed by atoms with Crippen molar-refractivity contribution in [3.8, 4) is 0 Å². The topological polar surface area (TPSA) is 52.7 Å². The number of hydrogen-bond donors (Lipinski definition) is 1. The molecule has 0 saturated carbocycles. The van der Waals surface area contributed by atoms with Gasteiger partial charge >= 0.3 is 0 Å². The third kappa shape index (κ3) is 3.60. The van der Waals surface area contributed by atoms with E-state index < -0.39 is 5.91 Å². The van der Waals surface area contributed by atoms with Crippen LogP contribution >= 0.6 is 22.9 Å². The predicted octanol–water partition coefficient (Wildman–Crippen LogP) is 5.17. The molecule has 0 spiro atoms. The molecule has 1 N–H and O–H groups in total. The number of imide groups is 1. The zero-order valence-electron chi connectivity index (χ0n) is 16.8. The summed E-state index contributed by atoms with van der Waals surface area (Å²) in [7, 11) is 3.83. The number of carbonyl (C=O) groups excluding carboxylic acids is 2. The maximum Gasteiger partial charge on any atom is 0.282 e. The van der Waals surface area contributed by atoms with Gasteiger partial charge in [0.15, 0.2) is 0 Å². The van der Waals surface area contributed by atoms with Crippen molar-refractivity contribution in [2.24, 2.45) is 0 Å². The molecule has 4 rings (SSSR count). The van der Waals surface area contributed by atoms with Crippen LogP contribution in [0.4, 0.5) is 17.1 Å². The van der Waals surface area contributed by atoms with E-state index in [1.165, 1.54) is 16.2 Å². The summed E-state index contributed by atoms with van der Waals surface area (Å²) in [4.78, 5) is 30.8. The summed E-state index contributed by atoms with van der Waals surface area (Å²) < 4.78 is 0. The van der Waals surface area contributed by atoms with Gasteiger partial charge in [0.2, 0.25) is 0 Å². The highest BCUT2D eigenvalue weighted by Crippen LogP contribution is 2.37. The first-order valence-corrected chi connectivity index (χ1v) is 10.6. The van der Waals surface area contributed by atoms with E-state index in [4.69, 9.17) is 11.6 Å². The number of hydrogen-bond acceptors (Lipinski definition) is 5. The first-order chi connectivity index (χ1) is 14.4. The number of benzene rings is 2. The zero-order valence-corrected chi connectivity index (χ0v) is 18.3. The van der Waals surface area contributed by atoms with Crippen molar-refractivity contribution < 1.29 is 9.59 Å². The molecular weight excluding hydrogens is 418 g/mol. The number of nitrogens with one attached hydrogen (secondary N) is 1. The summed E-state index contributed by atoms with van der Waals surface area (Å²) >= 11 is 7.57. The van der Waals surface area contributed by atoms with E-state index in [0.717, 1.165) is 16.1 Å². The molecule has 1 aliphatic heterocycles. The van der Waals surface area contributed by atoms with Crippen LogP contribution in [0.2, 0.25) is 5.02 Å². The van der Waals surface area contributed by atoms with Crippen molar-refractivity contribution >= 4 is 57.4 Å². The Balaban J connectivity index is 1.81. The Morgan fingerprint density at radius 2 is 1.80 bits per heavy atom. The van der Waals surface area contributed by atoms with Gasteiger partial charge in [-0.25, -0.2) is 4.90 Å². The van der Waals surface area contributed by atoms with Crippen molar-refractivity contribution in [3.05, 3.63) is 81.1 Å². The second kappa shape index (κ2) is 7.97. The highest BCUT2D eigenvalue weighted by atomic mass is 35.5. The van der Waals surface area contributed by atoms with Gasteiger partial charge in [-0.3, -0.25) is 9.59 Å². The fourth-order valence-corrected chi connectivity index (χ4v) is 4.24. The first-order valence-electron chi connectivity index (χ1n) is 9.34. The number of amides is 2. The number of rotatable bonds is 5. The van der Waals surface area contributed by atoms with E-state index in [1.807, 2.05) is 67.7 Å². The molecule has 152 valence electrons. The minimum absolute atomic E-state index is 0.253. The van der Waals surface area contributed by atoms with Gasteiger partial charge in [-0.15, -0.1) is 11.3 Å². The average molecular weight is 438 g/mol. The van der Waals surface area contributed by atoms with Crippen LogP contribution in [0.15, 0.2) is 65.7 Å². The molecule has 0 aliphatic carbocycles. The van der Waals surface area contributed by atoms with Gasteiger partial charge in [-0.05, 0) is 54.3 Å². The highest BCUT2D eigenvalue weighted by Gasteiger charge is 2.41. The number of anilines is 3. The number of thiophene rings is 1. The molecule has 0 fully saturated rings. The zero-order chi connectivity index (χ0) is 21.4. The normalized spacial score (nSPS) is 13.9. The van der Waals surface area contributed by atoms with Gasteiger partial charge in [0, 0.05) is 35.4 Å². The maximum atomic E-state index is 13.4. The molecule has 0 radical (unpaired) electrons. The summed E-state index contributed by atoms with van der Waals surface area (Å²) in [5.74, 6) is -0.737. The summed E-state index contributed by atoms with van der Waals surface area (Å²) in [5, 5.41) is 5.62. The van der Waals surface area contributed by atoms with Gasteiger partial charge in [0.05, 0.1) is 11.3 Å². The van der Waals surface area contributed by atoms with Gasteiger partial charge in [0.25, 0.3) is 11.8 Å². The van der Waals surface area contributed by atoms with E-state index >= 15 is 0 Å². The monoisotopic (exact) mass is 437 g/mol. The molecule has 0 bridgehead atoms. The SMILES string of the molecule is Cc1ccc(Cl)cc1NC1=C(c2cccs2)C(=O)N(c2cccc(N(C)C)c2)C1=O. The lowest BCUT2D eigenvalue weighted by molar-refractivity contribution is -0.120. The summed E-state index contributed by atoms with van der Waals surface area (Å²) in [5.41, 5.74) is 3.66. The second-order valence-corrected chi connectivity index (χ2v) is 8.56. The van der Waals surface area contributed by atoms with Crippen molar-refractivity contribution in [1.82, 2.24) is 0 Å². The standard InChI is InChI=1S/C23H20ClN3O2S/c1-14-9-10-15(24)12-18(14)25-21-20(19-8-5-11-30-19)22(28)27(23(21)29)17-7-4-6-16(13-17)26(2)3/h4-13,25H,1-3H3. The maximum absolute atomic E-state index is 13.4. The van der Waals surface area contributed by atoms with Crippen molar-refractivity contribution in [1.29, 1.82) is 0 Å². The van der Waals surface area contributed by atoms with Crippen LogP contribution in [0.3, 0.4) is 0 Å². The quantitative estimate of drug-likeness (QED) is 0.559. The van der Waals surface area contributed by atoms with Crippen molar-refractivity contribution in [2.75, 3.05) is 29.2 Å². The average Bonchev–Trinajstić information content (AvgIpc) is 3.32. The fourth-order valence-electron chi connectivity index (χ4n) is 3.30. The minimum atomic E-state index is -0.390. The number of halogens is 1. The lowest BCUT2D eigenvalue weighted by Gasteiger charge is -2.19. The molecule has 2 heterocycles. The van der Waals surface area contributed by atoms with E-state index in [0.29, 0.717) is 22.0 Å². The van der Waals surface area contributed by atoms with Crippen LogP contribution in [0.5, 0.6) is 0 Å². The summed E-state index contributed by atoms with van der Waals surface area (Å²) in [6.45, 7) is 1.92. The van der Waals surface area contributed by atoms with Crippen LogP contribution in [0.1, 0.15) is 10.4 Å². The Morgan fingerprint density at radius 3 is 2.50 bits per heavy atom. The molecule has 3 aromatic rings. The van der Waals surface area contributed by atoms with Gasteiger partial charge < -0.3 is 10.2 Å². The molecule has 2 aromatic carbocycles. The molecule has 0 saturated heterocycles. The first kappa shape index (κ1) is 20.2. The van der Waals surface area contributed by atoms with Gasteiger partial charge in [0.1, 0.15) is 5.70 Å². The number of aryl methyl sites for hydroxylation is 1.